The van der Waals surface area contributed by atoms with Gasteiger partial charge in [0.05, 0.1) is 16.6 Å². The normalized spacial score (nSPS) is 15.1. The Balaban J connectivity index is 0.000000205. The van der Waals surface area contributed by atoms with Crippen molar-refractivity contribution >= 4 is 60.3 Å². The van der Waals surface area contributed by atoms with Gasteiger partial charge in [-0.3, -0.25) is 8.79 Å². The second-order valence-corrected chi connectivity index (χ2v) is 13.4. The zero-order valence-corrected chi connectivity index (χ0v) is 31.3. The van der Waals surface area contributed by atoms with E-state index < -0.39 is 12.7 Å². The molecule has 7 heteroatoms. The van der Waals surface area contributed by atoms with E-state index in [-0.39, 0.29) is 31.5 Å². The van der Waals surface area contributed by atoms with Crippen LogP contribution in [-0.2, 0) is 20.1 Å². The summed E-state index contributed by atoms with van der Waals surface area (Å²) in [6.45, 7) is -2.15. The van der Waals surface area contributed by atoms with E-state index in [1.807, 2.05) is 18.3 Å². The van der Waals surface area contributed by atoms with Gasteiger partial charge in [0.2, 0.25) is 0 Å². The molecule has 54 heavy (non-hydrogen) atoms. The molecule has 0 atom stereocenters. The maximum Gasteiger partial charge on any atom is 0.147 e. The number of furan rings is 1. The minimum Gasteiger partial charge on any atom is -0.498 e. The van der Waals surface area contributed by atoms with E-state index in [4.69, 9.17) is 19.9 Å². The van der Waals surface area contributed by atoms with Crippen LogP contribution in [0.1, 0.15) is 48.2 Å². The summed E-state index contributed by atoms with van der Waals surface area (Å²) in [6, 6.07) is 42.6. The maximum absolute atomic E-state index is 12.7. The van der Waals surface area contributed by atoms with Gasteiger partial charge < -0.3 is 14.4 Å². The summed E-state index contributed by atoms with van der Waals surface area (Å²) in [7, 11) is 0. The summed E-state index contributed by atoms with van der Waals surface area (Å²) in [5.74, 6) is -0.903. The summed E-state index contributed by atoms with van der Waals surface area (Å²) in [5.41, 5.74) is 9.50. The molecule has 0 amide bonds. The van der Waals surface area contributed by atoms with Crippen LogP contribution in [-0.4, -0.2) is 19.4 Å². The first-order valence-corrected chi connectivity index (χ1v) is 17.7. The van der Waals surface area contributed by atoms with Gasteiger partial charge >= 0.3 is 0 Å². The molecule has 1 radical (unpaired) electrons. The molecule has 0 N–H and O–H groups in total. The number of fused-ring (bicyclic) bond motifs is 12. The van der Waals surface area contributed by atoms with E-state index in [0.717, 1.165) is 92.0 Å². The van der Waals surface area contributed by atoms with Crippen molar-refractivity contribution < 1.29 is 34.4 Å². The molecule has 0 aliphatic heterocycles. The Bertz CT molecular complexity index is 3160. The maximum atomic E-state index is 12.7. The molecule has 11 rings (SSSR count). The number of hydrogen-bond acceptors (Lipinski definition) is 4. The summed E-state index contributed by atoms with van der Waals surface area (Å²) in [6.07, 6.45) is 7.12. The van der Waals surface area contributed by atoms with Crippen LogP contribution in [0.4, 0.5) is 4.39 Å². The minimum atomic E-state index is -2.15. The molecule has 0 bridgehead atoms. The van der Waals surface area contributed by atoms with Crippen LogP contribution in [0.5, 0.6) is 0 Å². The van der Waals surface area contributed by atoms with E-state index in [0.29, 0.717) is 11.3 Å². The summed E-state index contributed by atoms with van der Waals surface area (Å²) < 4.78 is 52.4. The SMILES string of the molecule is [2H]C([2H])([2H])c1ccc(-c2[c-]cc(F)cc2)nc1.[2H]C1(c2ccnc(-c3[c-]ccc4c3oc3c4ccc4nc5c6ccccc6c6ccccc6n5c43)c2)CCCC1.[Ir]. The molecular formula is C47H33FIrN4O-2. The number of aryl methyl sites for hydroxylation is 1. The Hall–Kier alpha value is -5.75. The fraction of sp³-hybridized carbons (Fsp3) is 0.128. The van der Waals surface area contributed by atoms with Gasteiger partial charge in [-0.1, -0.05) is 90.0 Å². The molecule has 5 aromatic carbocycles. The van der Waals surface area contributed by atoms with E-state index in [1.165, 1.54) is 35.2 Å². The predicted octanol–water partition coefficient (Wildman–Crippen LogP) is 12.2. The molecule has 1 saturated carbocycles. The second kappa shape index (κ2) is 13.9. The molecule has 5 aromatic heterocycles. The Kier molecular flexibility index (Phi) is 7.64. The van der Waals surface area contributed by atoms with Crippen LogP contribution < -0.4 is 0 Å². The number of para-hydroxylation sites is 1. The first kappa shape index (κ1) is 29.7. The third kappa shape index (κ3) is 5.76. The fourth-order valence-corrected chi connectivity index (χ4v) is 7.77. The monoisotopic (exact) mass is 885 g/mol. The van der Waals surface area contributed by atoms with Crippen molar-refractivity contribution in [3.63, 3.8) is 0 Å². The van der Waals surface area contributed by atoms with Crippen molar-refractivity contribution in [3.05, 3.63) is 157 Å². The Morgan fingerprint density at radius 1 is 0.796 bits per heavy atom. The van der Waals surface area contributed by atoms with Gasteiger partial charge in [-0.25, -0.2) is 4.98 Å². The van der Waals surface area contributed by atoms with E-state index in [2.05, 4.69) is 94.3 Å². The van der Waals surface area contributed by atoms with Gasteiger partial charge in [-0.15, -0.1) is 48.0 Å². The average Bonchev–Trinajstić information content (AvgIpc) is 3.97. The number of imidazole rings is 1. The first-order valence-electron chi connectivity index (χ1n) is 19.7. The smallest absolute Gasteiger partial charge is 0.147 e. The quantitative estimate of drug-likeness (QED) is 0.131. The van der Waals surface area contributed by atoms with Crippen LogP contribution >= 0.6 is 0 Å². The van der Waals surface area contributed by atoms with Crippen LogP contribution in [0.3, 0.4) is 0 Å². The van der Waals surface area contributed by atoms with Gasteiger partial charge in [0.15, 0.2) is 0 Å². The van der Waals surface area contributed by atoms with E-state index in [1.54, 1.807) is 12.1 Å². The van der Waals surface area contributed by atoms with Gasteiger partial charge in [0.1, 0.15) is 16.7 Å². The van der Waals surface area contributed by atoms with Crippen LogP contribution in [0.15, 0.2) is 132 Å². The summed E-state index contributed by atoms with van der Waals surface area (Å²) in [5, 5.41) is 5.57. The zero-order chi connectivity index (χ0) is 38.9. The third-order valence-electron chi connectivity index (χ3n) is 10.3. The Labute approximate surface area is 330 Å². The fourth-order valence-electron chi connectivity index (χ4n) is 7.77. The number of pyridine rings is 3. The largest absolute Gasteiger partial charge is 0.498 e. The minimum absolute atomic E-state index is 0. The number of rotatable bonds is 3. The standard InChI is InChI=1S/C35H24N3O.C12H9FN.Ir/c1-2-9-21(8-1)22-18-19-36-30(20-22)28-14-7-13-25-26-16-17-29-32(34(26)39-33(25)28)38-31-15-6-5-11-24(31)23-10-3-4-12-27(23)35(38)37-29;1-9-2-7-12(14-8-9)10-3-5-11(13)6-4-10;/h3-7,10-13,15-21H,1-2,8-9H2;2-3,5-8H,1H3;/q2*-1;/i21D;1D3;. The molecule has 5 nitrogen and oxygen atoms in total. The molecule has 0 spiro atoms. The summed E-state index contributed by atoms with van der Waals surface area (Å²) >= 11 is 0. The molecule has 0 unspecified atom stereocenters. The van der Waals surface area contributed by atoms with Gasteiger partial charge in [0, 0.05) is 60.0 Å². The molecule has 265 valence electrons. The Morgan fingerprint density at radius 3 is 2.41 bits per heavy atom. The first-order chi connectivity index (χ1) is 27.7. The molecule has 5 heterocycles. The number of aromatic nitrogens is 4. The Morgan fingerprint density at radius 2 is 1.61 bits per heavy atom. The molecule has 1 aliphatic rings. The molecule has 1 fully saturated rings. The molecular weight excluding hydrogens is 848 g/mol. The number of benzene rings is 5. The molecule has 10 aromatic rings. The zero-order valence-electron chi connectivity index (χ0n) is 32.9. The van der Waals surface area contributed by atoms with Gasteiger partial charge in [-0.05, 0) is 72.2 Å². The second-order valence-electron chi connectivity index (χ2n) is 13.4. The van der Waals surface area contributed by atoms with Crippen LogP contribution in [0, 0.1) is 24.8 Å². The van der Waals surface area contributed by atoms with Crippen molar-refractivity contribution in [3.8, 4) is 22.5 Å². The number of nitrogens with zero attached hydrogens (tertiary/aromatic N) is 4. The van der Waals surface area contributed by atoms with Gasteiger partial charge in [0.25, 0.3) is 0 Å². The van der Waals surface area contributed by atoms with E-state index in [9.17, 15) is 4.39 Å². The number of halogens is 1. The van der Waals surface area contributed by atoms with Gasteiger partial charge in [-0.2, -0.15) is 0 Å². The predicted molar refractivity (Wildman–Crippen MR) is 211 cm³/mol. The molecule has 0 saturated heterocycles. The van der Waals surface area contributed by atoms with Crippen molar-refractivity contribution in [2.75, 3.05) is 0 Å². The summed E-state index contributed by atoms with van der Waals surface area (Å²) in [4.78, 5) is 13.9. The van der Waals surface area contributed by atoms with E-state index >= 15 is 0 Å². The van der Waals surface area contributed by atoms with Crippen molar-refractivity contribution in [2.24, 2.45) is 0 Å². The van der Waals surface area contributed by atoms with Crippen LogP contribution in [0.2, 0.25) is 0 Å². The topological polar surface area (TPSA) is 56.2 Å². The van der Waals surface area contributed by atoms with Crippen LogP contribution in [0.25, 0.3) is 82.8 Å². The molecule has 1 aliphatic carbocycles. The van der Waals surface area contributed by atoms with Crippen molar-refractivity contribution in [1.82, 2.24) is 19.4 Å². The third-order valence-corrected chi connectivity index (χ3v) is 10.3. The van der Waals surface area contributed by atoms with Crippen molar-refractivity contribution in [2.45, 2.75) is 38.4 Å². The van der Waals surface area contributed by atoms with Crippen molar-refractivity contribution in [1.29, 1.82) is 0 Å². The number of hydrogen-bond donors (Lipinski definition) is 0. The average molecular weight is 885 g/mol.